The highest BCUT2D eigenvalue weighted by atomic mass is 16.5. The number of nitrogens with zero attached hydrogens (tertiary/aromatic N) is 5. The molecule has 0 unspecified atom stereocenters. The number of rotatable bonds is 6. The third-order valence-electron chi connectivity index (χ3n) is 6.13. The first-order valence-electron chi connectivity index (χ1n) is 11.7. The van der Waals surface area contributed by atoms with Crippen molar-refractivity contribution in [3.63, 3.8) is 0 Å². The molecule has 11 heteroatoms. The van der Waals surface area contributed by atoms with Crippen LogP contribution in [0.15, 0.2) is 65.6 Å². The second-order valence-electron chi connectivity index (χ2n) is 8.57. The van der Waals surface area contributed by atoms with Crippen molar-refractivity contribution < 1.29 is 4.74 Å². The molecular weight excluding hydrogens is 458 g/mol. The van der Waals surface area contributed by atoms with Crippen LogP contribution in [0, 0.1) is 6.92 Å². The molecule has 1 fully saturated rings. The minimum absolute atomic E-state index is 0.190. The maximum atomic E-state index is 13.4. The van der Waals surface area contributed by atoms with Crippen molar-refractivity contribution in [1.29, 1.82) is 0 Å². The largest absolute Gasteiger partial charge is 0.378 e. The molecule has 2 aromatic carbocycles. The Morgan fingerprint density at radius 2 is 1.69 bits per heavy atom. The van der Waals surface area contributed by atoms with Gasteiger partial charge < -0.3 is 20.3 Å². The van der Waals surface area contributed by atoms with Gasteiger partial charge in [0.15, 0.2) is 17.5 Å². The quantitative estimate of drug-likeness (QED) is 0.289. The molecule has 0 radical (unpaired) electrons. The minimum Gasteiger partial charge on any atom is -0.378 e. The Labute approximate surface area is 206 Å². The average Bonchev–Trinajstić information content (AvgIpc) is 3.54. The van der Waals surface area contributed by atoms with Gasteiger partial charge in [-0.25, -0.2) is 0 Å². The molecule has 0 bridgehead atoms. The number of morpholine rings is 1. The zero-order valence-electron chi connectivity index (χ0n) is 19.7. The minimum atomic E-state index is -0.190. The molecular formula is C25H25N9O2. The Bertz CT molecular complexity index is 1560. The van der Waals surface area contributed by atoms with E-state index >= 15 is 0 Å². The topological polar surface area (TPSA) is 129 Å². The lowest BCUT2D eigenvalue weighted by Gasteiger charge is -2.28. The number of aryl methyl sites for hydroxylation is 1. The smallest absolute Gasteiger partial charge is 0.279 e. The number of hydrogen-bond donors (Lipinski definition) is 4. The van der Waals surface area contributed by atoms with Crippen LogP contribution in [0.4, 0.5) is 28.8 Å². The molecule has 0 aliphatic carbocycles. The summed E-state index contributed by atoms with van der Waals surface area (Å²) in [4.78, 5) is 15.7. The molecule has 4 heterocycles. The molecule has 0 spiro atoms. The summed E-state index contributed by atoms with van der Waals surface area (Å²) in [7, 11) is 0. The normalized spacial score (nSPS) is 13.8. The zero-order chi connectivity index (χ0) is 24.5. The fourth-order valence-electron chi connectivity index (χ4n) is 4.30. The fourth-order valence-corrected chi connectivity index (χ4v) is 4.30. The molecule has 36 heavy (non-hydrogen) atoms. The number of ether oxygens (including phenoxy) is 1. The summed E-state index contributed by atoms with van der Waals surface area (Å²) in [5.41, 5.74) is 3.22. The number of H-pyrrole nitrogens is 2. The predicted octanol–water partition coefficient (Wildman–Crippen LogP) is 3.46. The summed E-state index contributed by atoms with van der Waals surface area (Å²) in [5.74, 6) is 1.79. The average molecular weight is 484 g/mol. The van der Waals surface area contributed by atoms with E-state index in [4.69, 9.17) is 9.84 Å². The summed E-state index contributed by atoms with van der Waals surface area (Å²) in [5, 5.41) is 26.8. The molecule has 4 N–H and O–H groups in total. The van der Waals surface area contributed by atoms with Gasteiger partial charge in [0.25, 0.3) is 5.56 Å². The number of anilines is 5. The van der Waals surface area contributed by atoms with Gasteiger partial charge in [-0.1, -0.05) is 18.2 Å². The number of fused-ring (bicyclic) bond motifs is 1. The summed E-state index contributed by atoms with van der Waals surface area (Å²) in [6.07, 6.45) is 1.66. The highest BCUT2D eigenvalue weighted by Gasteiger charge is 2.16. The van der Waals surface area contributed by atoms with Gasteiger partial charge in [-0.05, 0) is 37.3 Å². The summed E-state index contributed by atoms with van der Waals surface area (Å²) in [6, 6.07) is 17.2. The van der Waals surface area contributed by atoms with Crippen molar-refractivity contribution in [2.45, 2.75) is 6.92 Å². The van der Waals surface area contributed by atoms with Gasteiger partial charge in [0.2, 0.25) is 0 Å². The van der Waals surface area contributed by atoms with E-state index in [-0.39, 0.29) is 5.56 Å². The second kappa shape index (κ2) is 9.19. The number of aromatic amines is 2. The van der Waals surface area contributed by atoms with Gasteiger partial charge in [0, 0.05) is 35.9 Å². The van der Waals surface area contributed by atoms with Crippen LogP contribution in [-0.4, -0.2) is 56.5 Å². The molecule has 1 aliphatic rings. The van der Waals surface area contributed by atoms with Crippen LogP contribution in [0.5, 0.6) is 0 Å². The Balaban J connectivity index is 1.36. The first kappa shape index (κ1) is 21.9. The van der Waals surface area contributed by atoms with Crippen molar-refractivity contribution in [1.82, 2.24) is 30.2 Å². The maximum absolute atomic E-state index is 13.4. The number of benzene rings is 2. The Morgan fingerprint density at radius 1 is 0.944 bits per heavy atom. The molecule has 0 atom stereocenters. The molecule has 0 amide bonds. The van der Waals surface area contributed by atoms with Gasteiger partial charge in [-0.15, -0.1) is 5.10 Å². The highest BCUT2D eigenvalue weighted by molar-refractivity contribution is 5.93. The Kier molecular flexibility index (Phi) is 5.58. The first-order valence-corrected chi connectivity index (χ1v) is 11.7. The lowest BCUT2D eigenvalue weighted by atomic mass is 10.2. The SMILES string of the molecule is Cc1cc(Nc2cn[nH]c2Nc2nn(-c3ccc(N4CCOCC4)cc3)c(=O)c3ccccc23)n[nH]1. The van der Waals surface area contributed by atoms with Crippen molar-refractivity contribution in [3.05, 3.63) is 76.8 Å². The molecule has 0 saturated carbocycles. The number of nitrogens with one attached hydrogen (secondary N) is 4. The van der Waals surface area contributed by atoms with E-state index in [0.29, 0.717) is 52.8 Å². The summed E-state index contributed by atoms with van der Waals surface area (Å²) in [6.45, 7) is 5.05. The van der Waals surface area contributed by atoms with Gasteiger partial charge in [0.05, 0.1) is 30.5 Å². The van der Waals surface area contributed by atoms with Crippen LogP contribution in [0.2, 0.25) is 0 Å². The van der Waals surface area contributed by atoms with E-state index in [1.165, 1.54) is 4.68 Å². The molecule has 182 valence electrons. The highest BCUT2D eigenvalue weighted by Crippen LogP contribution is 2.28. The Morgan fingerprint density at radius 3 is 2.44 bits per heavy atom. The van der Waals surface area contributed by atoms with E-state index < -0.39 is 0 Å². The fraction of sp³-hybridized carbons (Fsp3) is 0.200. The number of hydrogen-bond acceptors (Lipinski definition) is 8. The van der Waals surface area contributed by atoms with Crippen LogP contribution in [0.1, 0.15) is 5.69 Å². The van der Waals surface area contributed by atoms with E-state index in [1.807, 2.05) is 61.5 Å². The van der Waals surface area contributed by atoms with Gasteiger partial charge in [0.1, 0.15) is 5.69 Å². The van der Waals surface area contributed by atoms with E-state index in [1.54, 1.807) is 6.20 Å². The molecule has 3 aromatic heterocycles. The van der Waals surface area contributed by atoms with Crippen LogP contribution in [0.25, 0.3) is 16.5 Å². The molecule has 6 rings (SSSR count). The third kappa shape index (κ3) is 4.16. The second-order valence-corrected chi connectivity index (χ2v) is 8.57. The van der Waals surface area contributed by atoms with Crippen molar-refractivity contribution >= 4 is 39.6 Å². The maximum Gasteiger partial charge on any atom is 0.279 e. The van der Waals surface area contributed by atoms with Gasteiger partial charge in [-0.2, -0.15) is 14.9 Å². The monoisotopic (exact) mass is 483 g/mol. The zero-order valence-corrected chi connectivity index (χ0v) is 19.7. The van der Waals surface area contributed by atoms with Crippen molar-refractivity contribution in [3.8, 4) is 5.69 Å². The third-order valence-corrected chi connectivity index (χ3v) is 6.13. The van der Waals surface area contributed by atoms with E-state index in [0.717, 1.165) is 24.5 Å². The van der Waals surface area contributed by atoms with Gasteiger partial charge in [-0.3, -0.25) is 15.0 Å². The summed E-state index contributed by atoms with van der Waals surface area (Å²) >= 11 is 0. The summed E-state index contributed by atoms with van der Waals surface area (Å²) < 4.78 is 6.87. The van der Waals surface area contributed by atoms with Crippen LogP contribution >= 0.6 is 0 Å². The lowest BCUT2D eigenvalue weighted by molar-refractivity contribution is 0.122. The van der Waals surface area contributed by atoms with Crippen molar-refractivity contribution in [2.75, 3.05) is 41.8 Å². The standard InChI is InChI=1S/C25H25N9O2/c1-16-14-22(30-29-16)27-21-15-26-31-24(21)28-23-19-4-2-3-5-20(19)25(35)34(32-23)18-8-6-17(7-9-18)33-10-12-36-13-11-33/h2-9,14-15H,10-13H2,1H3,(H2,27,29,30)(H2,26,28,31,32). The first-order chi connectivity index (χ1) is 17.7. The molecule has 5 aromatic rings. The van der Waals surface area contributed by atoms with Crippen LogP contribution in [-0.2, 0) is 4.74 Å². The molecule has 11 nitrogen and oxygen atoms in total. The van der Waals surface area contributed by atoms with E-state index in [9.17, 15) is 4.79 Å². The van der Waals surface area contributed by atoms with Crippen molar-refractivity contribution in [2.24, 2.45) is 0 Å². The van der Waals surface area contributed by atoms with Crippen LogP contribution in [0.3, 0.4) is 0 Å². The predicted molar refractivity (Wildman–Crippen MR) is 139 cm³/mol. The number of aromatic nitrogens is 6. The molecule has 1 saturated heterocycles. The van der Waals surface area contributed by atoms with E-state index in [2.05, 4.69) is 35.9 Å². The molecule has 1 aliphatic heterocycles. The lowest BCUT2D eigenvalue weighted by Crippen LogP contribution is -2.36. The van der Waals surface area contributed by atoms with Crippen LogP contribution < -0.4 is 21.1 Å². The Hall–Kier alpha value is -4.64. The van der Waals surface area contributed by atoms with Gasteiger partial charge >= 0.3 is 0 Å².